The normalized spacial score (nSPS) is 12.8. The van der Waals surface area contributed by atoms with Crippen LogP contribution in [0.2, 0.25) is 5.02 Å². The molecule has 0 aliphatic rings. The lowest BCUT2D eigenvalue weighted by Gasteiger charge is -2.19. The molecule has 0 saturated carbocycles. The third kappa shape index (κ3) is 4.89. The van der Waals surface area contributed by atoms with Gasteiger partial charge in [-0.15, -0.1) is 0 Å². The fourth-order valence-corrected chi connectivity index (χ4v) is 1.42. The maximum Gasteiger partial charge on any atom is 0.145 e. The summed E-state index contributed by atoms with van der Waals surface area (Å²) in [5.74, 6) is -0.158. The summed E-state index contributed by atoms with van der Waals surface area (Å²) in [6.45, 7) is 3.51. The van der Waals surface area contributed by atoms with Crippen molar-refractivity contribution in [2.45, 2.75) is 13.0 Å². The molecule has 0 aromatic heterocycles. The predicted octanol–water partition coefficient (Wildman–Crippen LogP) is 2.17. The average Bonchev–Trinajstić information content (AvgIpc) is 2.30. The van der Waals surface area contributed by atoms with Crippen LogP contribution in [0.25, 0.3) is 0 Å². The smallest absolute Gasteiger partial charge is 0.145 e. The first-order chi connectivity index (χ1) is 8.02. The number of rotatable bonds is 6. The maximum absolute atomic E-state index is 13.1. The quantitative estimate of drug-likeness (QED) is 0.852. The Morgan fingerprint density at radius 1 is 1.53 bits per heavy atom. The van der Waals surface area contributed by atoms with E-state index < -0.39 is 11.9 Å². The Kier molecular flexibility index (Phi) is 5.68. The van der Waals surface area contributed by atoms with Gasteiger partial charge in [0, 0.05) is 12.6 Å². The van der Waals surface area contributed by atoms with Crippen LogP contribution >= 0.6 is 11.6 Å². The van der Waals surface area contributed by atoms with Gasteiger partial charge in [0.15, 0.2) is 0 Å². The van der Waals surface area contributed by atoms with E-state index in [-0.39, 0.29) is 11.6 Å². The summed E-state index contributed by atoms with van der Waals surface area (Å²) in [5.41, 5.74) is 0. The van der Waals surface area contributed by atoms with Gasteiger partial charge in [0.1, 0.15) is 24.3 Å². The fourth-order valence-electron chi connectivity index (χ4n) is 1.30. The first kappa shape index (κ1) is 14.2. The Morgan fingerprint density at radius 3 is 2.82 bits per heavy atom. The third-order valence-corrected chi connectivity index (χ3v) is 2.70. The number of hydrogen-bond acceptors (Lipinski definition) is 3. The zero-order valence-corrected chi connectivity index (χ0v) is 10.7. The Hall–Kier alpha value is -0.840. The molecule has 1 unspecified atom stereocenters. The molecule has 1 atom stereocenters. The van der Waals surface area contributed by atoms with Crippen molar-refractivity contribution >= 4 is 11.6 Å². The van der Waals surface area contributed by atoms with Crippen molar-refractivity contribution < 1.29 is 14.2 Å². The van der Waals surface area contributed by atoms with E-state index in [1.165, 1.54) is 12.1 Å². The van der Waals surface area contributed by atoms with E-state index in [4.69, 9.17) is 16.3 Å². The van der Waals surface area contributed by atoms with Gasteiger partial charge in [0.05, 0.1) is 5.02 Å². The number of benzene rings is 1. The molecule has 0 saturated heterocycles. The number of halogens is 2. The van der Waals surface area contributed by atoms with Crippen LogP contribution in [0.5, 0.6) is 5.75 Å². The molecule has 3 nitrogen and oxygen atoms in total. The van der Waals surface area contributed by atoms with Gasteiger partial charge in [-0.3, -0.25) is 0 Å². The number of hydrogen-bond donors (Lipinski definition) is 1. The lowest BCUT2D eigenvalue weighted by atomic mass is 10.3. The summed E-state index contributed by atoms with van der Waals surface area (Å²) >= 11 is 5.54. The SMILES string of the molecule is CCN(C)CC(O)COc1ccc(Cl)c(F)c1. The van der Waals surface area contributed by atoms with Gasteiger partial charge in [0.2, 0.25) is 0 Å². The first-order valence-electron chi connectivity index (χ1n) is 5.47. The zero-order chi connectivity index (χ0) is 12.8. The van der Waals surface area contributed by atoms with E-state index in [1.807, 2.05) is 18.9 Å². The van der Waals surface area contributed by atoms with Gasteiger partial charge < -0.3 is 14.7 Å². The Balaban J connectivity index is 2.42. The topological polar surface area (TPSA) is 32.7 Å². The molecule has 0 amide bonds. The van der Waals surface area contributed by atoms with Crippen LogP contribution in [0.4, 0.5) is 4.39 Å². The second-order valence-corrected chi connectivity index (χ2v) is 4.30. The van der Waals surface area contributed by atoms with Gasteiger partial charge >= 0.3 is 0 Å². The summed E-state index contributed by atoms with van der Waals surface area (Å²) in [7, 11) is 1.91. The van der Waals surface area contributed by atoms with Gasteiger partial charge in [-0.1, -0.05) is 18.5 Å². The van der Waals surface area contributed by atoms with Crippen LogP contribution in [0.1, 0.15) is 6.92 Å². The Labute approximate surface area is 106 Å². The highest BCUT2D eigenvalue weighted by atomic mass is 35.5. The van der Waals surface area contributed by atoms with E-state index >= 15 is 0 Å². The van der Waals surface area contributed by atoms with Crippen LogP contribution < -0.4 is 4.74 Å². The van der Waals surface area contributed by atoms with Crippen LogP contribution in [-0.4, -0.2) is 42.9 Å². The summed E-state index contributed by atoms with van der Waals surface area (Å²) < 4.78 is 18.4. The van der Waals surface area contributed by atoms with Gasteiger partial charge in [-0.25, -0.2) is 4.39 Å². The number of aliphatic hydroxyl groups excluding tert-OH is 1. The number of aliphatic hydroxyl groups is 1. The minimum Gasteiger partial charge on any atom is -0.491 e. The molecule has 5 heteroatoms. The molecule has 0 radical (unpaired) electrons. The Bertz CT molecular complexity index is 362. The summed E-state index contributed by atoms with van der Waals surface area (Å²) in [6.07, 6.45) is -0.598. The van der Waals surface area contributed by atoms with Crippen LogP contribution in [0.15, 0.2) is 18.2 Å². The fraction of sp³-hybridized carbons (Fsp3) is 0.500. The lowest BCUT2D eigenvalue weighted by molar-refractivity contribution is 0.0777. The monoisotopic (exact) mass is 261 g/mol. The minimum absolute atomic E-state index is 0.0589. The van der Waals surface area contributed by atoms with Crippen molar-refractivity contribution in [3.8, 4) is 5.75 Å². The van der Waals surface area contributed by atoms with Crippen molar-refractivity contribution in [3.63, 3.8) is 0 Å². The zero-order valence-electron chi connectivity index (χ0n) is 9.99. The van der Waals surface area contributed by atoms with Crippen molar-refractivity contribution in [2.24, 2.45) is 0 Å². The molecule has 1 aromatic carbocycles. The van der Waals surface area contributed by atoms with Crippen molar-refractivity contribution in [2.75, 3.05) is 26.7 Å². The van der Waals surface area contributed by atoms with Crippen molar-refractivity contribution in [1.29, 1.82) is 0 Å². The highest BCUT2D eigenvalue weighted by Gasteiger charge is 2.08. The van der Waals surface area contributed by atoms with E-state index in [0.717, 1.165) is 6.54 Å². The van der Waals surface area contributed by atoms with Crippen molar-refractivity contribution in [1.82, 2.24) is 4.90 Å². The summed E-state index contributed by atoms with van der Waals surface area (Å²) in [4.78, 5) is 1.97. The van der Waals surface area contributed by atoms with Gasteiger partial charge in [0.25, 0.3) is 0 Å². The number of likely N-dealkylation sites (N-methyl/N-ethyl adjacent to an activating group) is 1. The average molecular weight is 262 g/mol. The Morgan fingerprint density at radius 2 is 2.24 bits per heavy atom. The van der Waals surface area contributed by atoms with Crippen LogP contribution in [0, 0.1) is 5.82 Å². The minimum atomic E-state index is -0.598. The lowest BCUT2D eigenvalue weighted by Crippen LogP contribution is -2.32. The molecule has 0 heterocycles. The second kappa shape index (κ2) is 6.79. The molecular weight excluding hydrogens is 245 g/mol. The van der Waals surface area contributed by atoms with Crippen molar-refractivity contribution in [3.05, 3.63) is 29.0 Å². The summed E-state index contributed by atoms with van der Waals surface area (Å²) in [5, 5.41) is 9.71. The highest BCUT2D eigenvalue weighted by Crippen LogP contribution is 2.20. The largest absolute Gasteiger partial charge is 0.491 e. The highest BCUT2D eigenvalue weighted by molar-refractivity contribution is 6.30. The van der Waals surface area contributed by atoms with E-state index in [0.29, 0.717) is 12.3 Å². The molecule has 1 N–H and O–H groups in total. The molecule has 1 rings (SSSR count). The second-order valence-electron chi connectivity index (χ2n) is 3.90. The van der Waals surface area contributed by atoms with Crippen LogP contribution in [-0.2, 0) is 0 Å². The first-order valence-corrected chi connectivity index (χ1v) is 5.85. The number of ether oxygens (including phenoxy) is 1. The van der Waals surface area contributed by atoms with E-state index in [2.05, 4.69) is 0 Å². The molecule has 1 aromatic rings. The molecule has 0 fully saturated rings. The van der Waals surface area contributed by atoms with Crippen LogP contribution in [0.3, 0.4) is 0 Å². The summed E-state index contributed by atoms with van der Waals surface area (Å²) in [6, 6.07) is 4.21. The third-order valence-electron chi connectivity index (χ3n) is 2.40. The van der Waals surface area contributed by atoms with E-state index in [9.17, 15) is 9.50 Å². The van der Waals surface area contributed by atoms with Gasteiger partial charge in [-0.2, -0.15) is 0 Å². The molecule has 17 heavy (non-hydrogen) atoms. The maximum atomic E-state index is 13.1. The molecule has 96 valence electrons. The van der Waals surface area contributed by atoms with Gasteiger partial charge in [-0.05, 0) is 25.7 Å². The standard InChI is InChI=1S/C12H17ClFNO2/c1-3-15(2)7-9(16)8-17-10-4-5-11(13)12(14)6-10/h4-6,9,16H,3,7-8H2,1-2H3. The van der Waals surface area contributed by atoms with E-state index in [1.54, 1.807) is 6.07 Å². The molecule has 0 aliphatic carbocycles. The molecule has 0 bridgehead atoms. The molecule has 0 aliphatic heterocycles. The number of nitrogens with zero attached hydrogens (tertiary/aromatic N) is 1. The molecular formula is C12H17ClFNO2. The predicted molar refractivity (Wildman–Crippen MR) is 66.1 cm³/mol. The molecule has 0 spiro atoms.